The van der Waals surface area contributed by atoms with Gasteiger partial charge in [0, 0.05) is 22.0 Å². The van der Waals surface area contributed by atoms with Crippen LogP contribution in [0.5, 0.6) is 11.5 Å². The highest BCUT2D eigenvalue weighted by Gasteiger charge is 2.23. The molecule has 1 N–H and O–H groups in total. The number of carboxylic acids is 1. The Balaban J connectivity index is 1.73. The first-order valence-corrected chi connectivity index (χ1v) is 13.0. The van der Waals surface area contributed by atoms with E-state index in [0.717, 1.165) is 4.47 Å². The molecule has 0 aliphatic carbocycles. The summed E-state index contributed by atoms with van der Waals surface area (Å²) >= 11 is 3.38. The van der Waals surface area contributed by atoms with Gasteiger partial charge >= 0.3 is 11.7 Å². The average Bonchev–Trinajstić information content (AvgIpc) is 2.95. The third-order valence-corrected chi connectivity index (χ3v) is 6.76. The van der Waals surface area contributed by atoms with Crippen LogP contribution in [0.3, 0.4) is 0 Å². The van der Waals surface area contributed by atoms with Gasteiger partial charge in [-0.05, 0) is 48.4 Å². The van der Waals surface area contributed by atoms with Crippen molar-refractivity contribution in [3.63, 3.8) is 0 Å². The number of nitrogens with zero attached hydrogens (tertiary/aromatic N) is 4. The van der Waals surface area contributed by atoms with E-state index >= 15 is 0 Å². The van der Waals surface area contributed by atoms with Crippen molar-refractivity contribution < 1.29 is 24.3 Å². The fourth-order valence-corrected chi connectivity index (χ4v) is 4.28. The largest absolute Gasteiger partial charge is 0.493 e. The lowest BCUT2D eigenvalue weighted by Gasteiger charge is -2.14. The number of methoxy groups -OCH3 is 1. The Hall–Kier alpha value is -4.58. The first-order valence-electron chi connectivity index (χ1n) is 12.2. The SMILES string of the molecule is CC[C@@H](C)c1nc2ccc(Br)cc2c(=O)n1N=Cc1cc(OC)c(OCc2ccc(C(=O)O)cc2)c([N+](=O)[O-])c1. The number of carbonyl (C=O) groups is 1. The number of carboxylic acid groups (broad SMARTS) is 1. The van der Waals surface area contributed by atoms with E-state index in [1.54, 1.807) is 24.3 Å². The van der Waals surface area contributed by atoms with Gasteiger partial charge in [-0.25, -0.2) is 9.78 Å². The Labute approximate surface area is 237 Å². The number of nitro groups is 1. The summed E-state index contributed by atoms with van der Waals surface area (Å²) in [6, 6.07) is 14.0. The normalized spacial score (nSPS) is 12.0. The summed E-state index contributed by atoms with van der Waals surface area (Å²) < 4.78 is 13.1. The Morgan fingerprint density at radius 1 is 1.23 bits per heavy atom. The van der Waals surface area contributed by atoms with E-state index in [4.69, 9.17) is 14.6 Å². The van der Waals surface area contributed by atoms with E-state index in [1.165, 1.54) is 42.3 Å². The molecule has 3 aromatic carbocycles. The molecule has 11 nitrogen and oxygen atoms in total. The summed E-state index contributed by atoms with van der Waals surface area (Å²) in [6.07, 6.45) is 2.05. The number of rotatable bonds is 10. The second-order valence-electron chi connectivity index (χ2n) is 8.92. The first-order chi connectivity index (χ1) is 19.1. The van der Waals surface area contributed by atoms with Gasteiger partial charge in [-0.3, -0.25) is 14.9 Å². The lowest BCUT2D eigenvalue weighted by Crippen LogP contribution is -2.23. The van der Waals surface area contributed by atoms with Crippen LogP contribution in [-0.4, -0.2) is 39.0 Å². The van der Waals surface area contributed by atoms with Gasteiger partial charge in [0.15, 0.2) is 5.75 Å². The number of ether oxygens (including phenoxy) is 2. The fourth-order valence-electron chi connectivity index (χ4n) is 3.92. The molecule has 0 spiro atoms. The van der Waals surface area contributed by atoms with Crippen molar-refractivity contribution in [2.75, 3.05) is 7.11 Å². The van der Waals surface area contributed by atoms with Crippen molar-refractivity contribution in [3.8, 4) is 11.5 Å². The Kier molecular flexibility index (Phi) is 8.58. The second kappa shape index (κ2) is 12.1. The quantitative estimate of drug-likeness (QED) is 0.136. The Bertz CT molecular complexity index is 1680. The van der Waals surface area contributed by atoms with E-state index in [-0.39, 0.29) is 40.8 Å². The maximum absolute atomic E-state index is 13.4. The first kappa shape index (κ1) is 28.4. The van der Waals surface area contributed by atoms with Crippen LogP contribution in [0.1, 0.15) is 53.5 Å². The Morgan fingerprint density at radius 3 is 2.58 bits per heavy atom. The van der Waals surface area contributed by atoms with Crippen molar-refractivity contribution in [2.45, 2.75) is 32.8 Å². The number of fused-ring (bicyclic) bond motifs is 1. The van der Waals surface area contributed by atoms with Crippen molar-refractivity contribution in [3.05, 3.63) is 102 Å². The molecule has 1 aromatic heterocycles. The molecule has 0 amide bonds. The third kappa shape index (κ3) is 6.01. The summed E-state index contributed by atoms with van der Waals surface area (Å²) in [5.41, 5.74) is 0.843. The van der Waals surface area contributed by atoms with E-state index in [2.05, 4.69) is 26.0 Å². The van der Waals surface area contributed by atoms with E-state index < -0.39 is 10.9 Å². The molecule has 4 rings (SSSR count). The average molecular weight is 609 g/mol. The molecule has 0 radical (unpaired) electrons. The zero-order valence-electron chi connectivity index (χ0n) is 21.8. The minimum Gasteiger partial charge on any atom is -0.493 e. The van der Waals surface area contributed by atoms with E-state index in [9.17, 15) is 19.7 Å². The molecule has 4 aromatic rings. The van der Waals surface area contributed by atoms with Gasteiger partial charge in [0.1, 0.15) is 12.4 Å². The van der Waals surface area contributed by atoms with Gasteiger partial charge in [0.2, 0.25) is 5.75 Å². The topological polar surface area (TPSA) is 146 Å². The van der Waals surface area contributed by atoms with Crippen molar-refractivity contribution >= 4 is 44.7 Å². The molecule has 1 heterocycles. The van der Waals surface area contributed by atoms with Crippen LogP contribution in [0.15, 0.2) is 69.0 Å². The molecular weight excluding hydrogens is 584 g/mol. The number of benzene rings is 3. The van der Waals surface area contributed by atoms with E-state index in [0.29, 0.717) is 34.3 Å². The lowest BCUT2D eigenvalue weighted by molar-refractivity contribution is -0.386. The van der Waals surface area contributed by atoms with Crippen LogP contribution >= 0.6 is 15.9 Å². The number of aromatic carboxylic acids is 1. The van der Waals surface area contributed by atoms with Gasteiger partial charge in [-0.15, -0.1) is 0 Å². The number of aromatic nitrogens is 2. The molecule has 0 bridgehead atoms. The molecule has 40 heavy (non-hydrogen) atoms. The van der Waals surface area contributed by atoms with Gasteiger partial charge in [0.05, 0.1) is 34.7 Å². The van der Waals surface area contributed by atoms with Crippen LogP contribution in [0.2, 0.25) is 0 Å². The van der Waals surface area contributed by atoms with Crippen molar-refractivity contribution in [1.82, 2.24) is 9.66 Å². The maximum Gasteiger partial charge on any atom is 0.335 e. The predicted molar refractivity (Wildman–Crippen MR) is 153 cm³/mol. The molecule has 206 valence electrons. The number of halogens is 1. The monoisotopic (exact) mass is 608 g/mol. The number of hydrogen-bond donors (Lipinski definition) is 1. The summed E-state index contributed by atoms with van der Waals surface area (Å²) in [5.74, 6) is -0.682. The van der Waals surface area contributed by atoms with Gasteiger partial charge in [0.25, 0.3) is 5.56 Å². The van der Waals surface area contributed by atoms with Gasteiger partial charge < -0.3 is 14.6 Å². The van der Waals surface area contributed by atoms with Crippen LogP contribution in [0.4, 0.5) is 5.69 Å². The molecular formula is C28H25BrN4O7. The summed E-state index contributed by atoms with van der Waals surface area (Å²) in [4.78, 5) is 40.5. The lowest BCUT2D eigenvalue weighted by atomic mass is 10.1. The minimum absolute atomic E-state index is 0.0590. The highest BCUT2D eigenvalue weighted by Crippen LogP contribution is 2.38. The van der Waals surface area contributed by atoms with Crippen LogP contribution < -0.4 is 15.0 Å². The van der Waals surface area contributed by atoms with Crippen molar-refractivity contribution in [2.24, 2.45) is 5.10 Å². The minimum atomic E-state index is -1.06. The molecule has 12 heteroatoms. The third-order valence-electron chi connectivity index (χ3n) is 6.27. The predicted octanol–water partition coefficient (Wildman–Crippen LogP) is 5.75. The smallest absolute Gasteiger partial charge is 0.335 e. The molecule has 0 aliphatic heterocycles. The highest BCUT2D eigenvalue weighted by atomic mass is 79.9. The van der Waals surface area contributed by atoms with Crippen LogP contribution in [-0.2, 0) is 6.61 Å². The van der Waals surface area contributed by atoms with Crippen LogP contribution in [0.25, 0.3) is 10.9 Å². The fraction of sp³-hybridized carbons (Fsp3) is 0.214. The molecule has 0 saturated heterocycles. The van der Waals surface area contributed by atoms with Crippen molar-refractivity contribution in [1.29, 1.82) is 0 Å². The number of nitro benzene ring substituents is 1. The van der Waals surface area contributed by atoms with Gasteiger partial charge in [-0.2, -0.15) is 9.78 Å². The highest BCUT2D eigenvalue weighted by molar-refractivity contribution is 9.10. The molecule has 0 fully saturated rings. The van der Waals surface area contributed by atoms with E-state index in [1.807, 2.05) is 19.9 Å². The standard InChI is InChI=1S/C28H25BrN4O7/c1-4-16(2)26-31-22-10-9-20(29)13-21(22)27(34)32(26)30-14-18-11-23(33(37)38)25(24(12-18)39-3)40-15-17-5-7-19(8-6-17)28(35)36/h5-14,16H,4,15H2,1-3H3,(H,35,36)/t16-/m1/s1. The molecule has 0 saturated carbocycles. The summed E-state index contributed by atoms with van der Waals surface area (Å²) in [7, 11) is 1.35. The van der Waals surface area contributed by atoms with Gasteiger partial charge in [-0.1, -0.05) is 41.9 Å². The molecule has 0 aliphatic rings. The maximum atomic E-state index is 13.4. The molecule has 0 unspecified atom stereocenters. The second-order valence-corrected chi connectivity index (χ2v) is 9.84. The summed E-state index contributed by atoms with van der Waals surface area (Å²) in [6.45, 7) is 3.86. The Morgan fingerprint density at radius 2 is 1.95 bits per heavy atom. The summed E-state index contributed by atoms with van der Waals surface area (Å²) in [5, 5.41) is 25.8. The molecule has 1 atom stereocenters. The number of hydrogen-bond acceptors (Lipinski definition) is 8. The zero-order chi connectivity index (χ0) is 29.0. The zero-order valence-corrected chi connectivity index (χ0v) is 23.4. The van der Waals surface area contributed by atoms with Crippen LogP contribution in [0, 0.1) is 10.1 Å².